The topological polar surface area (TPSA) is 106 Å². The van der Waals surface area contributed by atoms with Gasteiger partial charge in [-0.2, -0.15) is 5.10 Å². The van der Waals surface area contributed by atoms with Gasteiger partial charge in [0, 0.05) is 18.8 Å². The first-order valence-electron chi connectivity index (χ1n) is 8.61. The molecule has 2 saturated heterocycles. The van der Waals surface area contributed by atoms with Crippen LogP contribution >= 0.6 is 11.8 Å². The fourth-order valence-electron chi connectivity index (χ4n) is 3.25. The fourth-order valence-corrected chi connectivity index (χ4v) is 4.18. The lowest BCUT2D eigenvalue weighted by molar-refractivity contribution is -0.128. The number of amides is 1. The molecule has 4 heterocycles. The Labute approximate surface area is 154 Å². The van der Waals surface area contributed by atoms with Crippen molar-refractivity contribution >= 4 is 28.6 Å². The number of piperidine rings is 1. The highest BCUT2D eigenvalue weighted by Crippen LogP contribution is 2.24. The van der Waals surface area contributed by atoms with Crippen LogP contribution in [-0.4, -0.2) is 60.9 Å². The van der Waals surface area contributed by atoms with E-state index in [9.17, 15) is 9.59 Å². The highest BCUT2D eigenvalue weighted by molar-refractivity contribution is 8.14. The Hall–Kier alpha value is -2.49. The summed E-state index contributed by atoms with van der Waals surface area (Å²) in [5.41, 5.74) is 0. The van der Waals surface area contributed by atoms with Gasteiger partial charge in [-0.1, -0.05) is 11.8 Å². The number of rotatable bonds is 4. The fraction of sp³-hybridized carbons (Fsp3) is 0.500. The zero-order valence-electron chi connectivity index (χ0n) is 14.1. The Balaban J connectivity index is 1.40. The molecule has 1 N–H and O–H groups in total. The maximum absolute atomic E-state index is 12.5. The molecule has 136 valence electrons. The van der Waals surface area contributed by atoms with Gasteiger partial charge in [0.1, 0.15) is 12.7 Å². The summed E-state index contributed by atoms with van der Waals surface area (Å²) in [6.07, 6.45) is 5.45. The average Bonchev–Trinajstić information content (AvgIpc) is 3.35. The Bertz CT molecular complexity index is 780. The first-order chi connectivity index (χ1) is 12.7. The average molecular weight is 373 g/mol. The van der Waals surface area contributed by atoms with Crippen molar-refractivity contribution in [3.05, 3.63) is 24.8 Å². The van der Waals surface area contributed by atoms with Crippen LogP contribution in [0.5, 0.6) is 0 Å². The van der Waals surface area contributed by atoms with Crippen molar-refractivity contribution in [3.8, 4) is 5.82 Å². The first kappa shape index (κ1) is 17.0. The second kappa shape index (κ2) is 7.40. The Morgan fingerprint density at radius 1 is 1.23 bits per heavy atom. The summed E-state index contributed by atoms with van der Waals surface area (Å²) in [5.74, 6) is 1.93. The smallest absolute Gasteiger partial charge is 0.225 e. The SMILES string of the molecule is O=C(NC1CCSC1=O)C1CCCN(c2ccc(-n3cncn3)nn2)C1. The Morgan fingerprint density at radius 3 is 2.77 bits per heavy atom. The van der Waals surface area contributed by atoms with Gasteiger partial charge in [-0.25, -0.2) is 9.67 Å². The third-order valence-corrected chi connectivity index (χ3v) is 5.67. The van der Waals surface area contributed by atoms with E-state index >= 15 is 0 Å². The van der Waals surface area contributed by atoms with Gasteiger partial charge < -0.3 is 10.2 Å². The third-order valence-electron chi connectivity index (χ3n) is 4.66. The quantitative estimate of drug-likeness (QED) is 0.822. The van der Waals surface area contributed by atoms with Crippen molar-refractivity contribution in [2.24, 2.45) is 5.92 Å². The van der Waals surface area contributed by atoms with Crippen molar-refractivity contribution < 1.29 is 9.59 Å². The molecule has 26 heavy (non-hydrogen) atoms. The van der Waals surface area contributed by atoms with Crippen LogP contribution in [0.25, 0.3) is 5.82 Å². The van der Waals surface area contributed by atoms with E-state index in [1.165, 1.54) is 18.1 Å². The van der Waals surface area contributed by atoms with Crippen LogP contribution < -0.4 is 10.2 Å². The maximum atomic E-state index is 12.5. The third kappa shape index (κ3) is 3.55. The van der Waals surface area contributed by atoms with E-state index in [0.29, 0.717) is 12.4 Å². The number of aromatic nitrogens is 5. The highest BCUT2D eigenvalue weighted by atomic mass is 32.2. The summed E-state index contributed by atoms with van der Waals surface area (Å²) in [5, 5.41) is 15.4. The zero-order valence-corrected chi connectivity index (χ0v) is 14.9. The number of nitrogens with one attached hydrogen (secondary N) is 1. The van der Waals surface area contributed by atoms with Gasteiger partial charge in [-0.3, -0.25) is 9.59 Å². The van der Waals surface area contributed by atoms with Crippen molar-refractivity contribution in [1.82, 2.24) is 30.3 Å². The molecule has 0 radical (unpaired) electrons. The number of nitrogens with zero attached hydrogens (tertiary/aromatic N) is 6. The van der Waals surface area contributed by atoms with Crippen LogP contribution in [0.4, 0.5) is 5.82 Å². The summed E-state index contributed by atoms with van der Waals surface area (Å²) in [6.45, 7) is 1.41. The molecular weight excluding hydrogens is 354 g/mol. The van der Waals surface area contributed by atoms with E-state index in [2.05, 4.69) is 30.5 Å². The standard InChI is InChI=1S/C16H19N7O2S/c24-15(19-12-5-7-26-16(12)25)11-2-1-6-22(8-11)13-3-4-14(21-20-13)23-10-17-9-18-23/h3-4,9-12H,1-2,5-8H2,(H,19,24). The molecule has 1 amide bonds. The molecule has 2 fully saturated rings. The zero-order chi connectivity index (χ0) is 17.9. The summed E-state index contributed by atoms with van der Waals surface area (Å²) in [4.78, 5) is 30.2. The predicted octanol–water partition coefficient (Wildman–Crippen LogP) is 0.422. The van der Waals surface area contributed by atoms with Gasteiger partial charge in [-0.05, 0) is 31.4 Å². The molecule has 2 atom stereocenters. The Kier molecular flexibility index (Phi) is 4.83. The second-order valence-corrected chi connectivity index (χ2v) is 7.49. The number of carbonyl (C=O) groups is 2. The van der Waals surface area contributed by atoms with Gasteiger partial charge in [0.15, 0.2) is 11.6 Å². The van der Waals surface area contributed by atoms with Crippen molar-refractivity contribution in [2.45, 2.75) is 25.3 Å². The van der Waals surface area contributed by atoms with Gasteiger partial charge in [0.05, 0.1) is 12.0 Å². The lowest BCUT2D eigenvalue weighted by Crippen LogP contribution is -2.47. The molecule has 0 bridgehead atoms. The van der Waals surface area contributed by atoms with Gasteiger partial charge in [-0.15, -0.1) is 10.2 Å². The molecule has 10 heteroatoms. The monoisotopic (exact) mass is 373 g/mol. The van der Waals surface area contributed by atoms with E-state index < -0.39 is 0 Å². The number of carbonyl (C=O) groups excluding carboxylic acids is 2. The molecule has 2 aliphatic rings. The van der Waals surface area contributed by atoms with Crippen molar-refractivity contribution in [1.29, 1.82) is 0 Å². The predicted molar refractivity (Wildman–Crippen MR) is 95.9 cm³/mol. The van der Waals surface area contributed by atoms with Crippen LogP contribution in [0, 0.1) is 5.92 Å². The number of hydrogen-bond donors (Lipinski definition) is 1. The maximum Gasteiger partial charge on any atom is 0.225 e. The van der Waals surface area contributed by atoms with Gasteiger partial charge in [0.2, 0.25) is 11.0 Å². The lowest BCUT2D eigenvalue weighted by atomic mass is 9.96. The molecular formula is C16H19N7O2S. The minimum absolute atomic E-state index is 0.0391. The van der Waals surface area contributed by atoms with Gasteiger partial charge >= 0.3 is 0 Å². The first-order valence-corrected chi connectivity index (χ1v) is 9.60. The molecule has 0 aromatic carbocycles. The summed E-state index contributed by atoms with van der Waals surface area (Å²) in [6, 6.07) is 3.38. The molecule has 0 saturated carbocycles. The van der Waals surface area contributed by atoms with Gasteiger partial charge in [0.25, 0.3) is 0 Å². The van der Waals surface area contributed by atoms with E-state index in [-0.39, 0.29) is 23.0 Å². The van der Waals surface area contributed by atoms with E-state index in [4.69, 9.17) is 0 Å². The summed E-state index contributed by atoms with van der Waals surface area (Å²) >= 11 is 1.30. The summed E-state index contributed by atoms with van der Waals surface area (Å²) < 4.78 is 1.54. The number of hydrogen-bond acceptors (Lipinski definition) is 8. The molecule has 0 spiro atoms. The molecule has 2 aromatic rings. The van der Waals surface area contributed by atoms with Crippen LogP contribution in [0.1, 0.15) is 19.3 Å². The van der Waals surface area contributed by atoms with Crippen molar-refractivity contribution in [2.75, 3.05) is 23.7 Å². The van der Waals surface area contributed by atoms with E-state index in [1.54, 1.807) is 11.0 Å². The van der Waals surface area contributed by atoms with E-state index in [1.807, 2.05) is 12.1 Å². The van der Waals surface area contributed by atoms with Crippen LogP contribution in [0.3, 0.4) is 0 Å². The molecule has 2 aromatic heterocycles. The van der Waals surface area contributed by atoms with Crippen molar-refractivity contribution in [3.63, 3.8) is 0 Å². The minimum atomic E-state index is -0.329. The molecule has 9 nitrogen and oxygen atoms in total. The van der Waals surface area contributed by atoms with E-state index in [0.717, 1.165) is 37.4 Å². The molecule has 2 aliphatic heterocycles. The highest BCUT2D eigenvalue weighted by Gasteiger charge is 2.32. The number of anilines is 1. The Morgan fingerprint density at radius 2 is 2.08 bits per heavy atom. The lowest BCUT2D eigenvalue weighted by Gasteiger charge is -2.33. The molecule has 2 unspecified atom stereocenters. The molecule has 4 rings (SSSR count). The normalized spacial score (nSPS) is 23.2. The van der Waals surface area contributed by atoms with Crippen LogP contribution in [0.2, 0.25) is 0 Å². The largest absolute Gasteiger partial charge is 0.354 e. The van der Waals surface area contributed by atoms with Crippen LogP contribution in [0.15, 0.2) is 24.8 Å². The molecule has 0 aliphatic carbocycles. The minimum Gasteiger partial charge on any atom is -0.354 e. The summed E-state index contributed by atoms with van der Waals surface area (Å²) in [7, 11) is 0. The second-order valence-electron chi connectivity index (χ2n) is 6.39. The van der Waals surface area contributed by atoms with Crippen LogP contribution in [-0.2, 0) is 9.59 Å². The number of thioether (sulfide) groups is 1.